The fourth-order valence-corrected chi connectivity index (χ4v) is 13.9. The minimum Gasteiger partial charge on any atom is -0.302 e. The second-order valence-electron chi connectivity index (χ2n) is 7.29. The first-order chi connectivity index (χ1) is 11.5. The van der Waals surface area contributed by atoms with Crippen LogP contribution < -0.4 is 5.30 Å². The summed E-state index contributed by atoms with van der Waals surface area (Å²) in [5.41, 5.74) is 4.32. The maximum absolute atomic E-state index is 14.1. The number of hydrogen-bond acceptors (Lipinski definition) is 1. The van der Waals surface area contributed by atoms with E-state index < -0.39 is 7.29 Å². The summed E-state index contributed by atoms with van der Waals surface area (Å²) in [6.07, 6.45) is 2.48. The predicted octanol–water partition coefficient (Wildman–Crippen LogP) is 5.03. The molecule has 0 amide bonds. The molecule has 0 spiro atoms. The Labute approximate surface area is 147 Å². The lowest BCUT2D eigenvalue weighted by atomic mass is 9.85. The maximum atomic E-state index is 14.1. The van der Waals surface area contributed by atoms with Crippen molar-refractivity contribution < 1.29 is 4.57 Å². The normalized spacial score (nSPS) is 40.0. The van der Waals surface area contributed by atoms with Crippen LogP contribution in [0, 0.1) is 5.92 Å². The van der Waals surface area contributed by atoms with Crippen molar-refractivity contribution >= 4 is 20.5 Å². The molecule has 1 aromatic rings. The van der Waals surface area contributed by atoms with Crippen LogP contribution in [0.25, 0.3) is 0 Å². The fourth-order valence-electron chi connectivity index (χ4n) is 5.27. The van der Waals surface area contributed by atoms with Crippen molar-refractivity contribution in [2.24, 2.45) is 5.92 Å². The van der Waals surface area contributed by atoms with E-state index in [1.54, 1.807) is 0 Å². The summed E-state index contributed by atoms with van der Waals surface area (Å²) >= 11 is 0. The highest BCUT2D eigenvalue weighted by Crippen LogP contribution is 2.79. The van der Waals surface area contributed by atoms with Crippen LogP contribution in [0.5, 0.6) is 0 Å². The van der Waals surface area contributed by atoms with Crippen molar-refractivity contribution in [3.63, 3.8) is 0 Å². The van der Waals surface area contributed by atoms with Crippen LogP contribution in [0.4, 0.5) is 0 Å². The Morgan fingerprint density at radius 1 is 1.08 bits per heavy atom. The molecule has 4 rings (SSSR count). The smallest absolute Gasteiger partial charge is 0.176 e. The summed E-state index contributed by atoms with van der Waals surface area (Å²) < 4.78 is 16.4. The standard InChI is InChI=1S/C20H27NOP2/c1-5-21(6-2)24(22)13-15(4)18-19-14(3)12-17(20(18)24)23(19)16-10-8-7-9-11-16/h7-13,17-20H,5-6H2,1-4H3/t17-,18-,19+,20+,23?,24?/m0/s1. The zero-order valence-corrected chi connectivity index (χ0v) is 16.8. The van der Waals surface area contributed by atoms with E-state index in [2.05, 4.69) is 74.6 Å². The number of nitrogens with zero attached hydrogens (tertiary/aromatic N) is 1. The molecule has 0 aliphatic carbocycles. The molecule has 0 radical (unpaired) electrons. The highest BCUT2D eigenvalue weighted by atomic mass is 31.2. The second-order valence-corrected chi connectivity index (χ2v) is 12.5. The Balaban J connectivity index is 1.81. The van der Waals surface area contributed by atoms with Crippen molar-refractivity contribution in [1.82, 2.24) is 4.67 Å². The highest BCUT2D eigenvalue weighted by Gasteiger charge is 2.63. The van der Waals surface area contributed by atoms with E-state index in [0.29, 0.717) is 22.9 Å². The third-order valence-electron chi connectivity index (χ3n) is 6.15. The topological polar surface area (TPSA) is 20.3 Å². The third kappa shape index (κ3) is 2.13. The molecular formula is C20H27NOP2. The van der Waals surface area contributed by atoms with E-state index in [9.17, 15) is 4.57 Å². The maximum Gasteiger partial charge on any atom is 0.176 e. The zero-order chi connectivity index (χ0) is 17.1. The molecule has 2 unspecified atom stereocenters. The van der Waals surface area contributed by atoms with Gasteiger partial charge in [-0.25, -0.2) is 0 Å². The summed E-state index contributed by atoms with van der Waals surface area (Å²) in [5.74, 6) is 2.68. The SMILES string of the molecule is CCN(CC)P1(=O)C=C(C)[C@@H]2[C@H]1[C@@H]1C=C(C)[C@H]2P1c1ccccc1. The van der Waals surface area contributed by atoms with Crippen LogP contribution in [0.3, 0.4) is 0 Å². The van der Waals surface area contributed by atoms with Gasteiger partial charge in [-0.15, -0.1) is 0 Å². The number of rotatable bonds is 4. The first-order valence-corrected chi connectivity index (χ1v) is 12.4. The molecule has 0 N–H and O–H groups in total. The van der Waals surface area contributed by atoms with E-state index >= 15 is 0 Å². The third-order valence-corrected chi connectivity index (χ3v) is 13.4. The quantitative estimate of drug-likeness (QED) is 0.555. The van der Waals surface area contributed by atoms with Crippen LogP contribution >= 0.6 is 15.2 Å². The zero-order valence-electron chi connectivity index (χ0n) is 15.0. The number of hydrogen-bond donors (Lipinski definition) is 0. The van der Waals surface area contributed by atoms with E-state index in [4.69, 9.17) is 0 Å². The second kappa shape index (κ2) is 5.94. The van der Waals surface area contributed by atoms with Crippen LogP contribution in [0.15, 0.2) is 53.4 Å². The number of fused-ring (bicyclic) bond motifs is 5. The molecule has 0 aromatic heterocycles. The molecule has 128 valence electrons. The molecule has 2 bridgehead atoms. The summed E-state index contributed by atoms with van der Waals surface area (Å²) in [5, 5.41) is 1.49. The van der Waals surface area contributed by atoms with Crippen molar-refractivity contribution in [2.75, 3.05) is 13.1 Å². The number of benzene rings is 1. The molecule has 6 atom stereocenters. The molecule has 0 saturated carbocycles. The molecule has 2 nitrogen and oxygen atoms in total. The molecule has 3 aliphatic heterocycles. The molecular weight excluding hydrogens is 332 g/mol. The Morgan fingerprint density at radius 2 is 1.75 bits per heavy atom. The first kappa shape index (κ1) is 16.8. The van der Waals surface area contributed by atoms with Gasteiger partial charge in [0.05, 0.1) is 0 Å². The Bertz CT molecular complexity index is 750. The molecule has 1 saturated heterocycles. The van der Waals surface area contributed by atoms with Gasteiger partial charge in [0.25, 0.3) is 0 Å². The minimum atomic E-state index is -2.42. The van der Waals surface area contributed by atoms with Gasteiger partial charge in [0, 0.05) is 36.0 Å². The average Bonchev–Trinajstić information content (AvgIpc) is 3.16. The Kier molecular flexibility index (Phi) is 4.15. The van der Waals surface area contributed by atoms with E-state index in [0.717, 1.165) is 13.1 Å². The minimum absolute atomic E-state index is 0.276. The summed E-state index contributed by atoms with van der Waals surface area (Å²) in [7, 11) is -2.70. The lowest BCUT2D eigenvalue weighted by Crippen LogP contribution is -2.33. The van der Waals surface area contributed by atoms with Gasteiger partial charge in [-0.05, 0) is 25.0 Å². The van der Waals surface area contributed by atoms with Gasteiger partial charge in [-0.1, -0.05) is 69.3 Å². The Morgan fingerprint density at radius 3 is 2.38 bits per heavy atom. The van der Waals surface area contributed by atoms with Crippen molar-refractivity contribution in [3.8, 4) is 0 Å². The van der Waals surface area contributed by atoms with E-state index in [-0.39, 0.29) is 7.92 Å². The molecule has 4 heteroatoms. The summed E-state index contributed by atoms with van der Waals surface area (Å²) in [4.78, 5) is 0. The van der Waals surface area contributed by atoms with Crippen molar-refractivity contribution in [1.29, 1.82) is 0 Å². The van der Waals surface area contributed by atoms with Crippen molar-refractivity contribution in [2.45, 2.75) is 44.7 Å². The summed E-state index contributed by atoms with van der Waals surface area (Å²) in [6, 6.07) is 11.0. The number of allylic oxidation sites excluding steroid dienone is 3. The molecule has 3 aliphatic rings. The Hall–Kier alpha value is -0.680. The predicted molar refractivity (Wildman–Crippen MR) is 106 cm³/mol. The van der Waals surface area contributed by atoms with Gasteiger partial charge < -0.3 is 4.57 Å². The highest BCUT2D eigenvalue weighted by molar-refractivity contribution is 7.72. The van der Waals surface area contributed by atoms with Gasteiger partial charge in [0.1, 0.15) is 0 Å². The lowest BCUT2D eigenvalue weighted by Gasteiger charge is -2.34. The van der Waals surface area contributed by atoms with Crippen LogP contribution in [0.1, 0.15) is 27.7 Å². The fraction of sp³-hybridized carbons (Fsp3) is 0.500. The van der Waals surface area contributed by atoms with Crippen LogP contribution in [-0.4, -0.2) is 34.7 Å². The van der Waals surface area contributed by atoms with Gasteiger partial charge >= 0.3 is 0 Å². The van der Waals surface area contributed by atoms with Gasteiger partial charge in [-0.3, -0.25) is 4.67 Å². The van der Waals surface area contributed by atoms with Crippen LogP contribution in [-0.2, 0) is 4.57 Å². The molecule has 1 aromatic carbocycles. The van der Waals surface area contributed by atoms with Crippen molar-refractivity contribution in [3.05, 3.63) is 53.4 Å². The van der Waals surface area contributed by atoms with Gasteiger partial charge in [-0.2, -0.15) is 0 Å². The van der Waals surface area contributed by atoms with Gasteiger partial charge in [0.2, 0.25) is 0 Å². The molecule has 24 heavy (non-hydrogen) atoms. The van der Waals surface area contributed by atoms with Gasteiger partial charge in [0.15, 0.2) is 7.29 Å². The molecule has 1 fully saturated rings. The van der Waals surface area contributed by atoms with E-state index in [1.165, 1.54) is 16.5 Å². The average molecular weight is 359 g/mol. The van der Waals surface area contributed by atoms with E-state index in [1.807, 2.05) is 0 Å². The largest absolute Gasteiger partial charge is 0.302 e. The monoisotopic (exact) mass is 359 g/mol. The lowest BCUT2D eigenvalue weighted by molar-refractivity contribution is 0.433. The molecule has 3 heterocycles. The first-order valence-electron chi connectivity index (χ1n) is 9.08. The van der Waals surface area contributed by atoms with Crippen LogP contribution in [0.2, 0.25) is 0 Å². The summed E-state index contributed by atoms with van der Waals surface area (Å²) in [6.45, 7) is 10.6.